The Labute approximate surface area is 143 Å². The van der Waals surface area contributed by atoms with Gasteiger partial charge in [-0.25, -0.2) is 4.79 Å². The fraction of sp³-hybridized carbons (Fsp3) is 0.667. The molecule has 2 heterocycles. The number of aliphatic hydroxyl groups is 1. The first kappa shape index (κ1) is 18.5. The van der Waals surface area contributed by atoms with E-state index in [4.69, 9.17) is 4.74 Å². The van der Waals surface area contributed by atoms with Gasteiger partial charge in [-0.3, -0.25) is 4.79 Å². The van der Waals surface area contributed by atoms with Crippen molar-refractivity contribution in [3.8, 4) is 0 Å². The number of piperidine rings is 1. The van der Waals surface area contributed by atoms with Gasteiger partial charge >= 0.3 is 5.97 Å². The van der Waals surface area contributed by atoms with E-state index in [9.17, 15) is 14.7 Å². The highest BCUT2D eigenvalue weighted by atomic mass is 16.5. The van der Waals surface area contributed by atoms with Crippen LogP contribution in [-0.2, 0) is 9.53 Å². The molecule has 1 aliphatic rings. The lowest BCUT2D eigenvalue weighted by Gasteiger charge is -2.31. The van der Waals surface area contributed by atoms with Crippen LogP contribution in [0.1, 0.15) is 67.0 Å². The molecule has 1 saturated heterocycles. The summed E-state index contributed by atoms with van der Waals surface area (Å²) >= 11 is 0. The highest BCUT2D eigenvalue weighted by Gasteiger charge is 2.28. The van der Waals surface area contributed by atoms with Crippen LogP contribution in [0.3, 0.4) is 0 Å². The van der Waals surface area contributed by atoms with Gasteiger partial charge in [-0.2, -0.15) is 0 Å². The molecule has 0 saturated carbocycles. The van der Waals surface area contributed by atoms with Crippen LogP contribution in [-0.4, -0.2) is 46.1 Å². The predicted molar refractivity (Wildman–Crippen MR) is 90.8 cm³/mol. The molecule has 0 radical (unpaired) electrons. The molecule has 1 aromatic rings. The Hall–Kier alpha value is -1.82. The van der Waals surface area contributed by atoms with Crippen LogP contribution in [0.4, 0.5) is 0 Å². The third-order valence-electron chi connectivity index (χ3n) is 4.84. The number of aryl methyl sites for hydroxylation is 1. The molecule has 1 fully saturated rings. The monoisotopic (exact) mass is 336 g/mol. The van der Waals surface area contributed by atoms with Crippen LogP contribution >= 0.6 is 0 Å². The minimum Gasteiger partial charge on any atom is -0.448 e. The van der Waals surface area contributed by atoms with Crippen LogP contribution in [0.5, 0.6) is 0 Å². The smallest absolute Gasteiger partial charge is 0.355 e. The largest absolute Gasteiger partial charge is 0.448 e. The number of likely N-dealkylation sites (tertiary alicyclic amines) is 1. The number of aromatic amines is 1. The summed E-state index contributed by atoms with van der Waals surface area (Å²) in [7, 11) is 0. The highest BCUT2D eigenvalue weighted by Crippen LogP contribution is 2.25. The SMILES string of the molecule is Cc1[nH]c(C(=O)O[C@H](C)C(=O)N2CCC(C)CC2)c(C)c1[C@@H](C)O. The lowest BCUT2D eigenvalue weighted by Crippen LogP contribution is -2.44. The topological polar surface area (TPSA) is 82.6 Å². The average Bonchev–Trinajstić information content (AvgIpc) is 2.82. The Morgan fingerprint density at radius 2 is 1.83 bits per heavy atom. The van der Waals surface area contributed by atoms with Gasteiger partial charge in [0.25, 0.3) is 5.91 Å². The van der Waals surface area contributed by atoms with Gasteiger partial charge < -0.3 is 19.7 Å². The lowest BCUT2D eigenvalue weighted by atomic mass is 9.99. The second-order valence-electron chi connectivity index (χ2n) is 6.89. The summed E-state index contributed by atoms with van der Waals surface area (Å²) in [5, 5.41) is 9.81. The summed E-state index contributed by atoms with van der Waals surface area (Å²) in [6.45, 7) is 10.4. The molecular formula is C18H28N2O4. The van der Waals surface area contributed by atoms with Gasteiger partial charge in [-0.05, 0) is 52.0 Å². The number of hydrogen-bond donors (Lipinski definition) is 2. The zero-order valence-corrected chi connectivity index (χ0v) is 15.2. The number of esters is 1. The number of ether oxygens (including phenoxy) is 1. The van der Waals surface area contributed by atoms with E-state index in [-0.39, 0.29) is 5.91 Å². The van der Waals surface area contributed by atoms with E-state index in [1.807, 2.05) is 0 Å². The van der Waals surface area contributed by atoms with Crippen molar-refractivity contribution in [2.24, 2.45) is 5.92 Å². The molecule has 24 heavy (non-hydrogen) atoms. The van der Waals surface area contributed by atoms with Crippen molar-refractivity contribution in [1.82, 2.24) is 9.88 Å². The Bertz CT molecular complexity index is 613. The highest BCUT2D eigenvalue weighted by molar-refractivity contribution is 5.92. The summed E-state index contributed by atoms with van der Waals surface area (Å²) < 4.78 is 5.36. The lowest BCUT2D eigenvalue weighted by molar-refractivity contribution is -0.141. The van der Waals surface area contributed by atoms with Gasteiger partial charge in [0, 0.05) is 24.3 Å². The molecular weight excluding hydrogens is 308 g/mol. The number of H-pyrrole nitrogens is 1. The van der Waals surface area contributed by atoms with Crippen LogP contribution < -0.4 is 0 Å². The number of nitrogens with one attached hydrogen (secondary N) is 1. The maximum Gasteiger partial charge on any atom is 0.355 e. The molecule has 6 heteroatoms. The number of hydrogen-bond acceptors (Lipinski definition) is 4. The van der Waals surface area contributed by atoms with Gasteiger partial charge in [-0.15, -0.1) is 0 Å². The Kier molecular flexibility index (Phi) is 5.70. The van der Waals surface area contributed by atoms with Crippen molar-refractivity contribution < 1.29 is 19.4 Å². The minimum atomic E-state index is -0.816. The van der Waals surface area contributed by atoms with E-state index >= 15 is 0 Å². The number of aromatic nitrogens is 1. The van der Waals surface area contributed by atoms with Gasteiger partial charge in [0.15, 0.2) is 6.10 Å². The van der Waals surface area contributed by atoms with Crippen molar-refractivity contribution >= 4 is 11.9 Å². The van der Waals surface area contributed by atoms with Crippen molar-refractivity contribution in [1.29, 1.82) is 0 Å². The second-order valence-corrected chi connectivity index (χ2v) is 6.89. The van der Waals surface area contributed by atoms with Gasteiger partial charge in [0.1, 0.15) is 5.69 Å². The van der Waals surface area contributed by atoms with Crippen LogP contribution in [0.2, 0.25) is 0 Å². The second kappa shape index (κ2) is 7.38. The molecule has 1 aromatic heterocycles. The van der Waals surface area contributed by atoms with E-state index in [1.54, 1.807) is 32.6 Å². The first-order valence-corrected chi connectivity index (χ1v) is 8.59. The van der Waals surface area contributed by atoms with E-state index in [1.165, 1.54) is 0 Å². The molecule has 1 aliphatic heterocycles. The third-order valence-corrected chi connectivity index (χ3v) is 4.84. The predicted octanol–water partition coefficient (Wildman–Crippen LogP) is 2.49. The van der Waals surface area contributed by atoms with Gasteiger partial charge in [0.2, 0.25) is 0 Å². The van der Waals surface area contributed by atoms with Crippen molar-refractivity contribution in [3.63, 3.8) is 0 Å². The zero-order chi connectivity index (χ0) is 18.0. The molecule has 0 aromatic carbocycles. The molecule has 2 atom stereocenters. The summed E-state index contributed by atoms with van der Waals surface area (Å²) in [6, 6.07) is 0. The number of carbonyl (C=O) groups is 2. The first-order valence-electron chi connectivity index (χ1n) is 8.59. The normalized spacial score (nSPS) is 18.3. The average molecular weight is 336 g/mol. The minimum absolute atomic E-state index is 0.146. The van der Waals surface area contributed by atoms with Crippen LogP contribution in [0.15, 0.2) is 0 Å². The Balaban J connectivity index is 2.04. The Morgan fingerprint density at radius 3 is 2.33 bits per heavy atom. The fourth-order valence-electron chi connectivity index (χ4n) is 3.35. The number of rotatable bonds is 4. The van der Waals surface area contributed by atoms with Crippen molar-refractivity contribution in [3.05, 3.63) is 22.5 Å². The van der Waals surface area contributed by atoms with Crippen LogP contribution in [0, 0.1) is 19.8 Å². The molecule has 2 N–H and O–H groups in total. The summed E-state index contributed by atoms with van der Waals surface area (Å²) in [5.41, 5.74) is 2.40. The molecule has 0 spiro atoms. The summed E-state index contributed by atoms with van der Waals surface area (Å²) in [5.74, 6) is -0.0731. The van der Waals surface area contributed by atoms with Gasteiger partial charge in [-0.1, -0.05) is 6.92 Å². The van der Waals surface area contributed by atoms with Crippen LogP contribution in [0.25, 0.3) is 0 Å². The molecule has 0 unspecified atom stereocenters. The zero-order valence-electron chi connectivity index (χ0n) is 15.2. The maximum atomic E-state index is 12.4. The summed E-state index contributed by atoms with van der Waals surface area (Å²) in [6.07, 6.45) is 0.485. The quantitative estimate of drug-likeness (QED) is 0.828. The number of nitrogens with zero attached hydrogens (tertiary/aromatic N) is 1. The Morgan fingerprint density at radius 1 is 1.25 bits per heavy atom. The molecule has 134 valence electrons. The first-order chi connectivity index (χ1) is 11.2. The van der Waals surface area contributed by atoms with E-state index < -0.39 is 18.2 Å². The third kappa shape index (κ3) is 3.80. The molecule has 0 bridgehead atoms. The maximum absolute atomic E-state index is 12.4. The summed E-state index contributed by atoms with van der Waals surface area (Å²) in [4.78, 5) is 29.6. The molecule has 0 aliphatic carbocycles. The number of aliphatic hydroxyl groups excluding tert-OH is 1. The standard InChI is InChI=1S/C18H28N2O4/c1-10-6-8-20(9-7-10)17(22)14(5)24-18(23)16-11(2)15(13(4)21)12(3)19-16/h10,13-14,19,21H,6-9H2,1-5H3/t13-,14-/m1/s1. The number of amides is 1. The fourth-order valence-corrected chi connectivity index (χ4v) is 3.35. The van der Waals surface area contributed by atoms with Crippen molar-refractivity contribution in [2.45, 2.75) is 59.7 Å². The van der Waals surface area contributed by atoms with Crippen molar-refractivity contribution in [2.75, 3.05) is 13.1 Å². The van der Waals surface area contributed by atoms with E-state index in [2.05, 4.69) is 11.9 Å². The molecule has 1 amide bonds. The number of carbonyl (C=O) groups excluding carboxylic acids is 2. The van der Waals surface area contributed by atoms with E-state index in [0.29, 0.717) is 35.8 Å². The van der Waals surface area contributed by atoms with E-state index in [0.717, 1.165) is 18.5 Å². The molecule has 6 nitrogen and oxygen atoms in total. The molecule has 2 rings (SSSR count). The van der Waals surface area contributed by atoms with Gasteiger partial charge in [0.05, 0.1) is 6.10 Å².